The Morgan fingerprint density at radius 3 is 2.89 bits per heavy atom. The van der Waals surface area contributed by atoms with Crippen LogP contribution in [0.1, 0.15) is 37.9 Å². The number of aliphatic hydroxyl groups excluding tert-OH is 2. The molecule has 0 bridgehead atoms. The largest absolute Gasteiger partial charge is 0.396 e. The predicted octanol–water partition coefficient (Wildman–Crippen LogP) is 2.48. The average molecular weight is 267 g/mol. The summed E-state index contributed by atoms with van der Waals surface area (Å²) in [6, 6.07) is 4.94. The van der Waals surface area contributed by atoms with Gasteiger partial charge in [0, 0.05) is 19.7 Å². The lowest BCUT2D eigenvalue weighted by Gasteiger charge is -2.34. The van der Waals surface area contributed by atoms with E-state index in [4.69, 9.17) is 5.11 Å². The Morgan fingerprint density at radius 1 is 1.47 bits per heavy atom. The second-order valence-electron chi connectivity index (χ2n) is 5.35. The maximum absolute atomic E-state index is 14.1. The number of aliphatic hydroxyl groups is 2. The standard InChI is InChI=1S/C15H22FNO2/c1-11(19)13-4-5-15(14(16)9-13)17-7-2-3-12(10-17)6-8-18/h4-5,9,11-12,18-19H,2-3,6-8,10H2,1H3/t11-,12?/m1/s1. The molecule has 0 radical (unpaired) electrons. The SMILES string of the molecule is C[C@@H](O)c1ccc(N2CCCC(CCO)C2)c(F)c1. The molecule has 1 aliphatic rings. The first-order valence-electron chi connectivity index (χ1n) is 6.95. The van der Waals surface area contributed by atoms with Gasteiger partial charge in [0.2, 0.25) is 0 Å². The first-order chi connectivity index (χ1) is 9.11. The van der Waals surface area contributed by atoms with Gasteiger partial charge in [-0.2, -0.15) is 0 Å². The van der Waals surface area contributed by atoms with E-state index >= 15 is 0 Å². The van der Waals surface area contributed by atoms with Gasteiger partial charge >= 0.3 is 0 Å². The third-order valence-corrected chi connectivity index (χ3v) is 3.85. The van der Waals surface area contributed by atoms with Crippen LogP contribution in [-0.2, 0) is 0 Å². The van der Waals surface area contributed by atoms with Crippen molar-refractivity contribution in [3.63, 3.8) is 0 Å². The van der Waals surface area contributed by atoms with Gasteiger partial charge in [0.25, 0.3) is 0 Å². The fourth-order valence-electron chi connectivity index (χ4n) is 2.74. The van der Waals surface area contributed by atoms with Gasteiger partial charge in [-0.1, -0.05) is 6.07 Å². The van der Waals surface area contributed by atoms with Crippen molar-refractivity contribution in [3.05, 3.63) is 29.6 Å². The molecule has 106 valence electrons. The summed E-state index contributed by atoms with van der Waals surface area (Å²) in [6.07, 6.45) is 2.27. The normalized spacial score (nSPS) is 21.5. The monoisotopic (exact) mass is 267 g/mol. The van der Waals surface area contributed by atoms with Gasteiger partial charge < -0.3 is 15.1 Å². The van der Waals surface area contributed by atoms with E-state index in [9.17, 15) is 9.50 Å². The van der Waals surface area contributed by atoms with Crippen LogP contribution in [-0.4, -0.2) is 29.9 Å². The van der Waals surface area contributed by atoms with Crippen LogP contribution >= 0.6 is 0 Å². The quantitative estimate of drug-likeness (QED) is 0.881. The van der Waals surface area contributed by atoms with Gasteiger partial charge in [-0.05, 0) is 49.8 Å². The molecule has 0 saturated carbocycles. The molecule has 1 aliphatic heterocycles. The van der Waals surface area contributed by atoms with Crippen LogP contribution in [0.4, 0.5) is 10.1 Å². The molecule has 1 heterocycles. The molecule has 0 amide bonds. The summed E-state index contributed by atoms with van der Waals surface area (Å²) < 4.78 is 14.1. The number of rotatable bonds is 4. The zero-order chi connectivity index (χ0) is 13.8. The number of hydrogen-bond acceptors (Lipinski definition) is 3. The molecule has 1 unspecified atom stereocenters. The third-order valence-electron chi connectivity index (χ3n) is 3.85. The van der Waals surface area contributed by atoms with Crippen LogP contribution in [0.3, 0.4) is 0 Å². The molecule has 1 saturated heterocycles. The topological polar surface area (TPSA) is 43.7 Å². The molecule has 1 aromatic carbocycles. The number of halogens is 1. The van der Waals surface area contributed by atoms with Crippen molar-refractivity contribution in [1.82, 2.24) is 0 Å². The van der Waals surface area contributed by atoms with Gasteiger partial charge in [-0.25, -0.2) is 4.39 Å². The highest BCUT2D eigenvalue weighted by atomic mass is 19.1. The van der Waals surface area contributed by atoms with Crippen molar-refractivity contribution in [3.8, 4) is 0 Å². The Balaban J connectivity index is 2.12. The molecule has 0 spiro atoms. The molecule has 19 heavy (non-hydrogen) atoms. The van der Waals surface area contributed by atoms with Crippen LogP contribution in [0.2, 0.25) is 0 Å². The minimum atomic E-state index is -0.646. The smallest absolute Gasteiger partial charge is 0.146 e. The molecular weight excluding hydrogens is 245 g/mol. The summed E-state index contributed by atoms with van der Waals surface area (Å²) >= 11 is 0. The Hall–Kier alpha value is -1.13. The molecule has 2 N–H and O–H groups in total. The first-order valence-corrected chi connectivity index (χ1v) is 6.95. The van der Waals surface area contributed by atoms with Crippen LogP contribution < -0.4 is 4.90 Å². The van der Waals surface area contributed by atoms with Crippen molar-refractivity contribution >= 4 is 5.69 Å². The maximum Gasteiger partial charge on any atom is 0.146 e. The molecule has 1 aromatic rings. The lowest BCUT2D eigenvalue weighted by atomic mass is 9.94. The number of benzene rings is 1. The lowest BCUT2D eigenvalue weighted by molar-refractivity contribution is 0.199. The van der Waals surface area contributed by atoms with E-state index in [0.717, 1.165) is 32.4 Å². The maximum atomic E-state index is 14.1. The number of piperidine rings is 1. The highest BCUT2D eigenvalue weighted by Crippen LogP contribution is 2.28. The molecule has 0 aromatic heterocycles. The Morgan fingerprint density at radius 2 is 2.26 bits per heavy atom. The summed E-state index contributed by atoms with van der Waals surface area (Å²) in [5.41, 5.74) is 1.21. The number of anilines is 1. The van der Waals surface area contributed by atoms with Crippen LogP contribution in [0.5, 0.6) is 0 Å². The minimum Gasteiger partial charge on any atom is -0.396 e. The van der Waals surface area contributed by atoms with Gasteiger partial charge in [0.1, 0.15) is 5.82 Å². The first kappa shape index (κ1) is 14.3. The molecule has 2 atom stereocenters. The van der Waals surface area contributed by atoms with Gasteiger partial charge in [0.15, 0.2) is 0 Å². The minimum absolute atomic E-state index is 0.196. The Bertz CT molecular complexity index is 421. The van der Waals surface area contributed by atoms with E-state index in [0.29, 0.717) is 17.2 Å². The molecule has 4 heteroatoms. The van der Waals surface area contributed by atoms with Crippen LogP contribution in [0.15, 0.2) is 18.2 Å². The highest BCUT2D eigenvalue weighted by Gasteiger charge is 2.22. The van der Waals surface area contributed by atoms with Crippen molar-refractivity contribution in [2.24, 2.45) is 5.92 Å². The van der Waals surface area contributed by atoms with E-state index in [1.807, 2.05) is 4.90 Å². The highest BCUT2D eigenvalue weighted by molar-refractivity contribution is 5.49. The summed E-state index contributed by atoms with van der Waals surface area (Å²) in [6.45, 7) is 3.48. The lowest BCUT2D eigenvalue weighted by Crippen LogP contribution is -2.36. The van der Waals surface area contributed by atoms with Crippen molar-refractivity contribution < 1.29 is 14.6 Å². The zero-order valence-corrected chi connectivity index (χ0v) is 11.3. The summed E-state index contributed by atoms with van der Waals surface area (Å²) in [5, 5.41) is 18.5. The third kappa shape index (κ3) is 3.45. The molecular formula is C15H22FNO2. The fraction of sp³-hybridized carbons (Fsp3) is 0.600. The zero-order valence-electron chi connectivity index (χ0n) is 11.3. The number of hydrogen-bond donors (Lipinski definition) is 2. The van der Waals surface area contributed by atoms with Gasteiger partial charge in [-0.3, -0.25) is 0 Å². The summed E-state index contributed by atoms with van der Waals surface area (Å²) in [7, 11) is 0. The van der Waals surface area contributed by atoms with Crippen molar-refractivity contribution in [1.29, 1.82) is 0 Å². The summed E-state index contributed by atoms with van der Waals surface area (Å²) in [5.74, 6) is 0.164. The fourth-order valence-corrected chi connectivity index (χ4v) is 2.74. The molecule has 0 aliphatic carbocycles. The second kappa shape index (κ2) is 6.35. The Labute approximate surface area is 113 Å². The van der Waals surface area contributed by atoms with E-state index in [1.54, 1.807) is 19.1 Å². The van der Waals surface area contributed by atoms with Crippen LogP contribution in [0.25, 0.3) is 0 Å². The van der Waals surface area contributed by atoms with E-state index in [-0.39, 0.29) is 12.4 Å². The number of nitrogens with zero attached hydrogens (tertiary/aromatic N) is 1. The summed E-state index contributed by atoms with van der Waals surface area (Å²) in [4.78, 5) is 2.05. The van der Waals surface area contributed by atoms with E-state index in [2.05, 4.69) is 0 Å². The van der Waals surface area contributed by atoms with E-state index < -0.39 is 6.10 Å². The average Bonchev–Trinajstić information content (AvgIpc) is 2.39. The van der Waals surface area contributed by atoms with Gasteiger partial charge in [0.05, 0.1) is 11.8 Å². The Kier molecular flexibility index (Phi) is 4.77. The predicted molar refractivity (Wildman–Crippen MR) is 73.7 cm³/mol. The van der Waals surface area contributed by atoms with Crippen molar-refractivity contribution in [2.75, 3.05) is 24.6 Å². The van der Waals surface area contributed by atoms with E-state index in [1.165, 1.54) is 6.07 Å². The van der Waals surface area contributed by atoms with Crippen molar-refractivity contribution in [2.45, 2.75) is 32.3 Å². The van der Waals surface area contributed by atoms with Crippen LogP contribution in [0, 0.1) is 11.7 Å². The second-order valence-corrected chi connectivity index (χ2v) is 5.35. The molecule has 2 rings (SSSR count). The molecule has 1 fully saturated rings. The van der Waals surface area contributed by atoms with Gasteiger partial charge in [-0.15, -0.1) is 0 Å². The molecule has 3 nitrogen and oxygen atoms in total.